The van der Waals surface area contributed by atoms with Crippen molar-refractivity contribution in [3.63, 3.8) is 0 Å². The van der Waals surface area contributed by atoms with Crippen molar-refractivity contribution in [1.82, 2.24) is 62.5 Å². The third-order valence-electron chi connectivity index (χ3n) is 24.0. The van der Waals surface area contributed by atoms with Crippen molar-refractivity contribution < 1.29 is 105 Å². The number of carboxylic acid groups (broad SMARTS) is 1. The minimum atomic E-state index is -0.965. The minimum absolute atomic E-state index is 0. The van der Waals surface area contributed by atoms with E-state index in [-0.39, 0.29) is 157 Å². The Bertz CT molecular complexity index is 5610. The van der Waals surface area contributed by atoms with Gasteiger partial charge in [0.15, 0.2) is 17.3 Å². The Balaban J connectivity index is 0.000000242. The molecule has 37 nitrogen and oxygen atoms in total. The van der Waals surface area contributed by atoms with Gasteiger partial charge >= 0.3 is 17.9 Å². The van der Waals surface area contributed by atoms with Gasteiger partial charge in [0.1, 0.15) is 52.9 Å². The van der Waals surface area contributed by atoms with Crippen molar-refractivity contribution in [2.75, 3.05) is 66.8 Å². The molecule has 0 spiro atoms. The Hall–Kier alpha value is -13.4. The van der Waals surface area contributed by atoms with Crippen LogP contribution in [0.4, 0.5) is 0 Å². The van der Waals surface area contributed by atoms with Gasteiger partial charge in [-0.3, -0.25) is 57.5 Å². The highest BCUT2D eigenvalue weighted by Gasteiger charge is 2.39. The molecular weight excluding hydrogens is 1810 g/mol. The Morgan fingerprint density at radius 2 is 0.683 bits per heavy atom. The molecule has 12 atom stereocenters. The number of carbonyl (C=O) groups excluding carboxylic acids is 14. The van der Waals surface area contributed by atoms with Crippen molar-refractivity contribution in [3.05, 3.63) is 120 Å². The Morgan fingerprint density at radius 3 is 0.950 bits per heavy atom. The normalized spacial score (nSPS) is 17.0. The number of ether oxygens (including phenoxy) is 6. The van der Waals surface area contributed by atoms with Crippen molar-refractivity contribution >= 4 is 144 Å². The lowest BCUT2D eigenvalue weighted by Gasteiger charge is -2.23. The number of hydrogen-bond donors (Lipinski definition) is 15. The largest absolute Gasteiger partial charge is 0.493 e. The van der Waals surface area contributed by atoms with Gasteiger partial charge in [0.05, 0.1) is 69.8 Å². The van der Waals surface area contributed by atoms with Crippen LogP contribution in [0.5, 0.6) is 23.0 Å². The van der Waals surface area contributed by atoms with E-state index in [1.807, 2.05) is 156 Å². The molecule has 0 unspecified atom stereocenters. The molecule has 4 saturated heterocycles. The molecule has 0 radical (unpaired) electrons. The average molecular weight is 1950 g/mol. The zero-order chi connectivity index (χ0) is 101. The molecular formula is C101H138ClN15O22. The number of nitriles is 1. The molecule has 38 heteroatoms. The molecule has 8 aromatic rings. The standard InChI is InChI=1S/C26H35N3O6.C25H34N4O5.C25H32N4O4.C14H25N3O4.C11H11NO3.ClH/c1-5-35-23-8-6-7-19-18(23)14-20(28-19)22(30)13-17(11-15(2)3)25(32)29-21(26(33)34-4)12-16-9-10-27-24(16)31;1-4-34-22-7-5-6-18-17(22)13-19(28-18)21(30)12-16(10-14(2)3)25(33)29-20(23(26)31)11-15-8-9-27-24(15)32;1-4-33-23-7-5-6-20-19(23)13-21(29-20)22(30)12-17(10-15(2)3)25(32)28-18(14-26)11-16-8-9-27-24(16)31;1-8(2)6-10(15)13(19)17-11(14(20)21-3)7-9-4-5-16-12(9)18;1-2-15-10-5-3-4-8-7(10)6-9(12-8)11(13)14;/h6-8,14-17,21,28H,5,9-13H2,1-4H3,(H,27,31)(H,29,32);5-7,13-16,20,28H,4,8-12H2,1-3H3,(H2,26,31)(H,27,32)(H,29,33);5-7,13,15-18,29H,4,8-12H2,1-3H3,(H,27,31)(H,28,32);8-11H,4-7,15H2,1-3H3,(H,16,18)(H,17,19);3-6,12H,2H2,1H3,(H,13,14);1H/t16-,17+,21-;15-,16+,20-;16-,17+,18-;9-,10-,11-;;/m0000../s1. The summed E-state index contributed by atoms with van der Waals surface area (Å²) in [6, 6.07) is 27.0. The number of carbonyl (C=O) groups is 15. The van der Waals surface area contributed by atoms with Gasteiger partial charge in [0.2, 0.25) is 53.2 Å². The van der Waals surface area contributed by atoms with E-state index in [0.29, 0.717) is 144 Å². The fraction of sp³-hybridized carbons (Fsp3) is 0.525. The number of aromatic amines is 4. The smallest absolute Gasteiger partial charge is 0.352 e. The second kappa shape index (κ2) is 55.3. The van der Waals surface area contributed by atoms with Crippen LogP contribution in [-0.2, 0) is 62.2 Å². The summed E-state index contributed by atoms with van der Waals surface area (Å²) >= 11 is 0. The maximum absolute atomic E-state index is 13.2. The highest BCUT2D eigenvalue weighted by atomic mass is 35.5. The van der Waals surface area contributed by atoms with Gasteiger partial charge in [-0.1, -0.05) is 79.7 Å². The summed E-state index contributed by atoms with van der Waals surface area (Å²) in [5.74, 6) is -4.90. The van der Waals surface area contributed by atoms with Crippen LogP contribution in [0.2, 0.25) is 0 Å². The number of benzene rings is 4. The quantitative estimate of drug-likeness (QED) is 0.0124. The molecule has 0 saturated carbocycles. The Labute approximate surface area is 815 Å². The summed E-state index contributed by atoms with van der Waals surface area (Å²) < 4.78 is 31.9. The molecule has 756 valence electrons. The van der Waals surface area contributed by atoms with Gasteiger partial charge in [0, 0.05) is 130 Å². The number of nitrogens with two attached hydrogens (primary N) is 2. The summed E-state index contributed by atoms with van der Waals surface area (Å²) in [4.78, 5) is 197. The van der Waals surface area contributed by atoms with Crippen LogP contribution >= 0.6 is 12.4 Å². The predicted octanol–water partition coefficient (Wildman–Crippen LogP) is 10.9. The first-order valence-corrected chi connectivity index (χ1v) is 47.5. The van der Waals surface area contributed by atoms with Gasteiger partial charge in [0.25, 0.3) is 0 Å². The van der Waals surface area contributed by atoms with Gasteiger partial charge < -0.3 is 107 Å². The zero-order valence-corrected chi connectivity index (χ0v) is 82.6. The number of Topliss-reactive ketones (excluding diaryl/α,β-unsaturated/α-hetero) is 3. The first kappa shape index (κ1) is 113. The summed E-state index contributed by atoms with van der Waals surface area (Å²) in [7, 11) is 2.50. The Kier molecular flexibility index (Phi) is 44.8. The molecule has 4 aliphatic rings. The summed E-state index contributed by atoms with van der Waals surface area (Å²) in [5.41, 5.74) is 15.9. The van der Waals surface area contributed by atoms with E-state index in [9.17, 15) is 77.2 Å². The van der Waals surface area contributed by atoms with Crippen LogP contribution in [0.3, 0.4) is 0 Å². The van der Waals surface area contributed by atoms with Crippen LogP contribution in [0, 0.1) is 76.4 Å². The highest BCUT2D eigenvalue weighted by Crippen LogP contribution is 2.34. The van der Waals surface area contributed by atoms with Gasteiger partial charge in [-0.05, 0) is 201 Å². The summed E-state index contributed by atoms with van der Waals surface area (Å²) in [6.07, 6.45) is 5.31. The van der Waals surface area contributed by atoms with Crippen LogP contribution < -0.4 is 72.9 Å². The third-order valence-corrected chi connectivity index (χ3v) is 24.0. The molecule has 0 bridgehead atoms. The second-order valence-electron chi connectivity index (χ2n) is 36.6. The number of aromatic carboxylic acids is 1. The maximum atomic E-state index is 13.2. The molecule has 139 heavy (non-hydrogen) atoms. The maximum Gasteiger partial charge on any atom is 0.352 e. The number of nitrogens with one attached hydrogen (secondary N) is 12. The molecule has 12 rings (SSSR count). The number of nitrogens with zero attached hydrogens (tertiary/aromatic N) is 1. The van der Waals surface area contributed by atoms with E-state index in [4.69, 9.17) is 45.0 Å². The number of ketones is 3. The number of methoxy groups -OCH3 is 2. The fourth-order valence-electron chi connectivity index (χ4n) is 17.2. The topological polar surface area (TPSA) is 567 Å². The van der Waals surface area contributed by atoms with Crippen molar-refractivity contribution in [2.45, 2.75) is 210 Å². The number of hydrogen-bond acceptors (Lipinski definition) is 23. The number of halogens is 1. The van der Waals surface area contributed by atoms with E-state index in [1.54, 1.807) is 24.3 Å². The van der Waals surface area contributed by atoms with Crippen molar-refractivity contribution in [2.24, 2.45) is 76.6 Å². The number of esters is 2. The minimum Gasteiger partial charge on any atom is -0.493 e. The summed E-state index contributed by atoms with van der Waals surface area (Å²) in [5, 5.41) is 43.3. The molecule has 8 heterocycles. The molecule has 4 aromatic heterocycles. The highest BCUT2D eigenvalue weighted by molar-refractivity contribution is 6.06. The van der Waals surface area contributed by atoms with Crippen LogP contribution in [0.25, 0.3) is 43.6 Å². The zero-order valence-electron chi connectivity index (χ0n) is 81.8. The monoisotopic (exact) mass is 1950 g/mol. The van der Waals surface area contributed by atoms with Gasteiger partial charge in [-0.25, -0.2) is 14.4 Å². The van der Waals surface area contributed by atoms with E-state index >= 15 is 0 Å². The van der Waals surface area contributed by atoms with E-state index in [0.717, 1.165) is 43.6 Å². The number of carboxylic acids is 1. The number of amides is 9. The molecule has 4 fully saturated rings. The lowest BCUT2D eigenvalue weighted by molar-refractivity contribution is -0.146. The van der Waals surface area contributed by atoms with E-state index in [1.165, 1.54) is 14.2 Å². The first-order valence-electron chi connectivity index (χ1n) is 47.5. The van der Waals surface area contributed by atoms with Gasteiger partial charge in [-0.15, -0.1) is 12.4 Å². The number of rotatable bonds is 45. The van der Waals surface area contributed by atoms with Crippen LogP contribution in [0.1, 0.15) is 221 Å². The van der Waals surface area contributed by atoms with Crippen molar-refractivity contribution in [3.8, 4) is 29.1 Å². The molecule has 17 N–H and O–H groups in total. The SMILES string of the molecule is CCOc1cccc2[nH]c(C(=O)C[C@@H](CC(C)C)C(=O)N[C@@H](C[C@@H]3CCNC3=O)C(=O)OC)cc12.CCOc1cccc2[nH]c(C(=O)C[C@@H](CC(C)C)C(=O)N[C@@H](C[C@@H]3CCNC3=O)C(N)=O)cc12.CCOc1cccc2[nH]c(C(=O)C[C@@H](CC(C)C)C(=O)N[C@H](C#N)C[C@@H]3CCNC3=O)cc12.CCOc1cccc2[nH]c(C(=O)O)cc12.COC(=O)[C@H](C[C@@H]1CCNC1=O)NC(=O)[C@@H](N)CC(C)C.Cl. The molecule has 4 aliphatic heterocycles. The number of fused-ring (bicyclic) bond motifs is 4. The van der Waals surface area contributed by atoms with Crippen LogP contribution in [-0.4, -0.2) is 211 Å². The predicted molar refractivity (Wildman–Crippen MR) is 525 cm³/mol. The molecule has 9 amide bonds. The number of primary amides is 1. The van der Waals surface area contributed by atoms with Crippen LogP contribution in [0.15, 0.2) is 97.1 Å². The first-order chi connectivity index (χ1) is 65.8. The fourth-order valence-corrected chi connectivity index (χ4v) is 17.2. The molecule has 0 aliphatic carbocycles. The lowest BCUT2D eigenvalue weighted by Crippen LogP contribution is -2.50. The number of H-pyrrole nitrogens is 4. The van der Waals surface area contributed by atoms with Crippen molar-refractivity contribution in [1.29, 1.82) is 5.26 Å². The van der Waals surface area contributed by atoms with E-state index in [2.05, 4.69) is 68.5 Å². The van der Waals surface area contributed by atoms with Gasteiger partial charge in [-0.2, -0.15) is 5.26 Å². The third kappa shape index (κ3) is 33.5. The second-order valence-corrected chi connectivity index (χ2v) is 36.6. The average Bonchev–Trinajstić information content (AvgIpc) is 1.68. The summed E-state index contributed by atoms with van der Waals surface area (Å²) in [6.45, 7) is 27.8. The van der Waals surface area contributed by atoms with E-state index < -0.39 is 89.5 Å². The number of aromatic nitrogens is 4. The molecule has 4 aromatic carbocycles. The lowest BCUT2D eigenvalue weighted by atomic mass is 9.90. The Morgan fingerprint density at radius 1 is 0.410 bits per heavy atom.